The van der Waals surface area contributed by atoms with E-state index < -0.39 is 0 Å². The number of nitrogens with zero attached hydrogens (tertiary/aromatic N) is 2. The van der Waals surface area contributed by atoms with E-state index in [0.717, 1.165) is 42.8 Å². The van der Waals surface area contributed by atoms with Crippen LogP contribution in [0.1, 0.15) is 5.56 Å². The van der Waals surface area contributed by atoms with Crippen LogP contribution in [-0.2, 0) is 0 Å². The Morgan fingerprint density at radius 1 is 1.04 bits per heavy atom. The number of thiocarbonyl (C=S) groups is 1. The average molecular weight is 379 g/mol. The van der Waals surface area contributed by atoms with Gasteiger partial charge >= 0.3 is 5.63 Å². The summed E-state index contributed by atoms with van der Waals surface area (Å²) in [5, 5.41) is 4.90. The standard InChI is InChI=1S/C21H21N3O2S/c1-15-13-20(25)26-19-14-16(7-8-18(15)19)22-21(27)24-11-9-23(10-12-24)17-5-3-2-4-6-17/h2-8,13-14H,9-12H2,1H3,(H,22,27). The molecule has 138 valence electrons. The van der Waals surface area contributed by atoms with E-state index in [-0.39, 0.29) is 5.63 Å². The van der Waals surface area contributed by atoms with Crippen LogP contribution in [0.15, 0.2) is 63.8 Å². The van der Waals surface area contributed by atoms with Crippen molar-refractivity contribution in [3.8, 4) is 0 Å². The summed E-state index contributed by atoms with van der Waals surface area (Å²) in [5.41, 5.74) is 3.22. The van der Waals surface area contributed by atoms with Crippen molar-refractivity contribution in [3.63, 3.8) is 0 Å². The zero-order valence-corrected chi connectivity index (χ0v) is 16.0. The summed E-state index contributed by atoms with van der Waals surface area (Å²) < 4.78 is 5.31. The van der Waals surface area contributed by atoms with Crippen LogP contribution >= 0.6 is 12.2 Å². The SMILES string of the molecule is Cc1cc(=O)oc2cc(NC(=S)N3CCN(c4ccccc4)CC3)ccc12. The fourth-order valence-corrected chi connectivity index (χ4v) is 3.71. The number of para-hydroxylation sites is 1. The minimum Gasteiger partial charge on any atom is -0.423 e. The Labute approximate surface area is 163 Å². The first-order valence-corrected chi connectivity index (χ1v) is 9.41. The molecule has 0 saturated carbocycles. The lowest BCUT2D eigenvalue weighted by molar-refractivity contribution is 0.391. The zero-order chi connectivity index (χ0) is 18.8. The van der Waals surface area contributed by atoms with Crippen LogP contribution in [0.5, 0.6) is 0 Å². The first-order chi connectivity index (χ1) is 13.1. The molecule has 27 heavy (non-hydrogen) atoms. The van der Waals surface area contributed by atoms with E-state index in [1.54, 1.807) is 0 Å². The van der Waals surface area contributed by atoms with E-state index in [1.165, 1.54) is 11.8 Å². The smallest absolute Gasteiger partial charge is 0.336 e. The summed E-state index contributed by atoms with van der Waals surface area (Å²) in [7, 11) is 0. The molecule has 2 heterocycles. The highest BCUT2D eigenvalue weighted by Crippen LogP contribution is 2.21. The number of nitrogens with one attached hydrogen (secondary N) is 1. The fourth-order valence-electron chi connectivity index (χ4n) is 3.41. The number of anilines is 2. The van der Waals surface area contributed by atoms with Gasteiger partial charge in [0.1, 0.15) is 5.58 Å². The van der Waals surface area contributed by atoms with Gasteiger partial charge < -0.3 is 19.5 Å². The number of hydrogen-bond donors (Lipinski definition) is 1. The molecule has 0 amide bonds. The lowest BCUT2D eigenvalue weighted by atomic mass is 10.1. The Hall–Kier alpha value is -2.86. The predicted octanol–water partition coefficient (Wildman–Crippen LogP) is 3.62. The molecule has 1 aliphatic heterocycles. The number of piperazine rings is 1. The Bertz CT molecular complexity index is 1020. The van der Waals surface area contributed by atoms with Gasteiger partial charge in [-0.05, 0) is 49.0 Å². The molecule has 0 bridgehead atoms. The number of hydrogen-bond acceptors (Lipinski definition) is 4. The molecule has 1 saturated heterocycles. The quantitative estimate of drug-likeness (QED) is 0.542. The molecule has 4 rings (SSSR count). The molecule has 6 heteroatoms. The fraction of sp³-hybridized carbons (Fsp3) is 0.238. The van der Waals surface area contributed by atoms with E-state index >= 15 is 0 Å². The van der Waals surface area contributed by atoms with Crippen molar-refractivity contribution in [2.75, 3.05) is 36.4 Å². The van der Waals surface area contributed by atoms with E-state index in [2.05, 4.69) is 39.4 Å². The molecule has 0 atom stereocenters. The first kappa shape index (κ1) is 17.5. The predicted molar refractivity (Wildman–Crippen MR) is 114 cm³/mol. The molecule has 1 N–H and O–H groups in total. The molecule has 1 aromatic heterocycles. The zero-order valence-electron chi connectivity index (χ0n) is 15.1. The lowest BCUT2D eigenvalue weighted by Gasteiger charge is -2.37. The van der Waals surface area contributed by atoms with Gasteiger partial charge in [0.25, 0.3) is 0 Å². The van der Waals surface area contributed by atoms with Gasteiger partial charge in [-0.15, -0.1) is 0 Å². The van der Waals surface area contributed by atoms with Crippen molar-refractivity contribution < 1.29 is 4.42 Å². The summed E-state index contributed by atoms with van der Waals surface area (Å²) in [6, 6.07) is 17.7. The van der Waals surface area contributed by atoms with Gasteiger partial charge in [0.2, 0.25) is 0 Å². The molecule has 0 radical (unpaired) electrons. The second-order valence-electron chi connectivity index (χ2n) is 6.70. The second-order valence-corrected chi connectivity index (χ2v) is 7.09. The van der Waals surface area contributed by atoms with E-state index in [1.807, 2.05) is 31.2 Å². The van der Waals surface area contributed by atoms with Gasteiger partial charge in [0.15, 0.2) is 5.11 Å². The Balaban J connectivity index is 1.42. The molecule has 3 aromatic rings. The van der Waals surface area contributed by atoms with Gasteiger partial charge in [-0.1, -0.05) is 18.2 Å². The Morgan fingerprint density at radius 2 is 1.78 bits per heavy atom. The van der Waals surface area contributed by atoms with Crippen LogP contribution in [-0.4, -0.2) is 36.2 Å². The Morgan fingerprint density at radius 3 is 2.52 bits per heavy atom. The molecule has 0 spiro atoms. The van der Waals surface area contributed by atoms with Gasteiger partial charge in [0.05, 0.1) is 0 Å². The van der Waals surface area contributed by atoms with Crippen LogP contribution < -0.4 is 15.8 Å². The Kier molecular flexibility index (Phi) is 4.81. The third kappa shape index (κ3) is 3.80. The van der Waals surface area contributed by atoms with E-state index in [9.17, 15) is 4.79 Å². The molecule has 5 nitrogen and oxygen atoms in total. The van der Waals surface area contributed by atoms with Gasteiger partial charge in [0, 0.05) is 55.1 Å². The molecular weight excluding hydrogens is 358 g/mol. The van der Waals surface area contributed by atoms with Gasteiger partial charge in [-0.2, -0.15) is 0 Å². The van der Waals surface area contributed by atoms with Crippen LogP contribution in [0.3, 0.4) is 0 Å². The molecule has 0 aliphatic carbocycles. The third-order valence-corrected chi connectivity index (χ3v) is 5.25. The van der Waals surface area contributed by atoms with Crippen molar-refractivity contribution in [2.45, 2.75) is 6.92 Å². The molecule has 1 aliphatic rings. The maximum atomic E-state index is 11.6. The van der Waals surface area contributed by atoms with Crippen LogP contribution in [0.4, 0.5) is 11.4 Å². The number of rotatable bonds is 2. The van der Waals surface area contributed by atoms with Crippen LogP contribution in [0.25, 0.3) is 11.0 Å². The lowest BCUT2D eigenvalue weighted by Crippen LogP contribution is -2.50. The van der Waals surface area contributed by atoms with Crippen molar-refractivity contribution in [3.05, 3.63) is 70.6 Å². The number of benzene rings is 2. The van der Waals surface area contributed by atoms with Gasteiger partial charge in [-0.25, -0.2) is 4.79 Å². The monoisotopic (exact) mass is 379 g/mol. The third-order valence-electron chi connectivity index (χ3n) is 4.89. The summed E-state index contributed by atoms with van der Waals surface area (Å²) >= 11 is 5.59. The first-order valence-electron chi connectivity index (χ1n) is 9.00. The number of aryl methyl sites for hydroxylation is 1. The minimum absolute atomic E-state index is 0.336. The topological polar surface area (TPSA) is 48.7 Å². The van der Waals surface area contributed by atoms with Crippen molar-refractivity contribution in [1.82, 2.24) is 4.90 Å². The van der Waals surface area contributed by atoms with Gasteiger partial charge in [-0.3, -0.25) is 0 Å². The maximum absolute atomic E-state index is 11.6. The summed E-state index contributed by atoms with van der Waals surface area (Å²) in [6.45, 7) is 5.49. The summed E-state index contributed by atoms with van der Waals surface area (Å²) in [5.74, 6) is 0. The largest absolute Gasteiger partial charge is 0.423 e. The summed E-state index contributed by atoms with van der Waals surface area (Å²) in [6.07, 6.45) is 0. The number of fused-ring (bicyclic) bond motifs is 1. The normalized spacial score (nSPS) is 14.4. The van der Waals surface area contributed by atoms with Crippen LogP contribution in [0, 0.1) is 6.92 Å². The maximum Gasteiger partial charge on any atom is 0.336 e. The van der Waals surface area contributed by atoms with E-state index in [0.29, 0.717) is 10.7 Å². The minimum atomic E-state index is -0.336. The molecule has 2 aromatic carbocycles. The van der Waals surface area contributed by atoms with Crippen molar-refractivity contribution in [2.24, 2.45) is 0 Å². The highest BCUT2D eigenvalue weighted by atomic mass is 32.1. The highest BCUT2D eigenvalue weighted by Gasteiger charge is 2.19. The molecular formula is C21H21N3O2S. The van der Waals surface area contributed by atoms with Crippen molar-refractivity contribution in [1.29, 1.82) is 0 Å². The van der Waals surface area contributed by atoms with E-state index in [4.69, 9.17) is 16.6 Å². The van der Waals surface area contributed by atoms with Crippen LogP contribution in [0.2, 0.25) is 0 Å². The molecule has 1 fully saturated rings. The highest BCUT2D eigenvalue weighted by molar-refractivity contribution is 7.80. The van der Waals surface area contributed by atoms with Crippen molar-refractivity contribution >= 4 is 39.7 Å². The average Bonchev–Trinajstić information content (AvgIpc) is 2.68. The second kappa shape index (κ2) is 7.40. The molecule has 0 unspecified atom stereocenters. The summed E-state index contributed by atoms with van der Waals surface area (Å²) in [4.78, 5) is 16.1.